The maximum atomic E-state index is 12.1. The molecule has 21 heavy (non-hydrogen) atoms. The zero-order chi connectivity index (χ0) is 14.6. The minimum Gasteiger partial charge on any atom is -0.507 e. The predicted molar refractivity (Wildman–Crippen MR) is 78.8 cm³/mol. The van der Waals surface area contributed by atoms with E-state index < -0.39 is 0 Å². The Bertz CT molecular complexity index is 612. The number of carbonyl (C=O) groups excluding carboxylic acids is 1. The zero-order valence-electron chi connectivity index (χ0n) is 12.3. The number of aromatic hydroxyl groups is 1. The van der Waals surface area contributed by atoms with Crippen LogP contribution in [0.1, 0.15) is 36.8 Å². The van der Waals surface area contributed by atoms with Gasteiger partial charge < -0.3 is 15.2 Å². The van der Waals surface area contributed by atoms with Crippen LogP contribution in [0.25, 0.3) is 0 Å². The number of fused-ring (bicyclic) bond motifs is 1. The maximum Gasteiger partial charge on any atom is 0.133 e. The number of piperidine rings is 1. The van der Waals surface area contributed by atoms with Gasteiger partial charge >= 0.3 is 0 Å². The first-order valence-corrected chi connectivity index (χ1v) is 7.79. The largest absolute Gasteiger partial charge is 0.507 e. The van der Waals surface area contributed by atoms with Crippen molar-refractivity contribution in [1.29, 1.82) is 0 Å². The Kier molecular flexibility index (Phi) is 2.80. The van der Waals surface area contributed by atoms with Crippen LogP contribution < -0.4 is 10.1 Å². The fraction of sp³-hybridized carbons (Fsp3) is 0.588. The monoisotopic (exact) mass is 287 g/mol. The molecule has 1 aliphatic heterocycles. The van der Waals surface area contributed by atoms with Crippen LogP contribution in [0.2, 0.25) is 0 Å². The van der Waals surface area contributed by atoms with Gasteiger partial charge in [0, 0.05) is 35.9 Å². The van der Waals surface area contributed by atoms with Crippen LogP contribution in [0.4, 0.5) is 0 Å². The summed E-state index contributed by atoms with van der Waals surface area (Å²) in [6, 6.07) is 4.16. The smallest absolute Gasteiger partial charge is 0.133 e. The van der Waals surface area contributed by atoms with Crippen molar-refractivity contribution in [3.05, 3.63) is 23.3 Å². The van der Waals surface area contributed by atoms with Crippen molar-refractivity contribution in [2.75, 3.05) is 13.7 Å². The number of nitrogens with one attached hydrogen (secondary N) is 1. The molecule has 2 N–H and O–H groups in total. The first-order chi connectivity index (χ1) is 10.1. The number of hydrogen-bond donors (Lipinski definition) is 2. The van der Waals surface area contributed by atoms with Crippen LogP contribution in [0, 0.1) is 5.92 Å². The average Bonchev–Trinajstić information content (AvgIpc) is 2.45. The number of ether oxygens (including phenoxy) is 1. The second kappa shape index (κ2) is 4.47. The third-order valence-electron chi connectivity index (χ3n) is 5.77. The summed E-state index contributed by atoms with van der Waals surface area (Å²) in [5, 5.41) is 14.2. The molecule has 3 unspecified atom stereocenters. The molecule has 3 atom stereocenters. The van der Waals surface area contributed by atoms with Gasteiger partial charge in [-0.15, -0.1) is 0 Å². The van der Waals surface area contributed by atoms with Crippen molar-refractivity contribution in [3.8, 4) is 11.5 Å². The highest BCUT2D eigenvalue weighted by molar-refractivity contribution is 5.82. The van der Waals surface area contributed by atoms with Gasteiger partial charge in [-0.2, -0.15) is 0 Å². The van der Waals surface area contributed by atoms with Crippen molar-refractivity contribution < 1.29 is 14.6 Å². The Morgan fingerprint density at radius 2 is 2.29 bits per heavy atom. The lowest BCUT2D eigenvalue weighted by molar-refractivity contribution is -0.125. The molecular formula is C17H21NO3. The van der Waals surface area contributed by atoms with Crippen LogP contribution >= 0.6 is 0 Å². The second-order valence-electron chi connectivity index (χ2n) is 6.71. The number of hydrogen-bond acceptors (Lipinski definition) is 4. The quantitative estimate of drug-likeness (QED) is 0.828. The molecule has 2 aliphatic carbocycles. The van der Waals surface area contributed by atoms with E-state index in [1.807, 2.05) is 6.07 Å². The van der Waals surface area contributed by atoms with Crippen molar-refractivity contribution in [2.24, 2.45) is 5.92 Å². The molecule has 4 nitrogen and oxygen atoms in total. The summed E-state index contributed by atoms with van der Waals surface area (Å²) >= 11 is 0. The van der Waals surface area contributed by atoms with E-state index in [4.69, 9.17) is 4.74 Å². The Labute approximate surface area is 124 Å². The van der Waals surface area contributed by atoms with Gasteiger partial charge in [-0.3, -0.25) is 4.79 Å². The fourth-order valence-corrected chi connectivity index (χ4v) is 5.01. The minimum absolute atomic E-state index is 0.158. The molecule has 0 radical (unpaired) electrons. The van der Waals surface area contributed by atoms with Gasteiger partial charge in [0.15, 0.2) is 0 Å². The van der Waals surface area contributed by atoms with Crippen LogP contribution in [0.3, 0.4) is 0 Å². The van der Waals surface area contributed by atoms with E-state index in [-0.39, 0.29) is 5.41 Å². The lowest BCUT2D eigenvalue weighted by atomic mass is 9.52. The van der Waals surface area contributed by atoms with E-state index in [1.54, 1.807) is 13.2 Å². The molecule has 1 heterocycles. The van der Waals surface area contributed by atoms with E-state index in [2.05, 4.69) is 5.32 Å². The summed E-state index contributed by atoms with van der Waals surface area (Å²) < 4.78 is 5.29. The predicted octanol–water partition coefficient (Wildman–Crippen LogP) is 1.93. The molecule has 2 bridgehead atoms. The van der Waals surface area contributed by atoms with Gasteiger partial charge in [0.2, 0.25) is 0 Å². The van der Waals surface area contributed by atoms with E-state index in [1.165, 1.54) is 0 Å². The normalized spacial score (nSPS) is 34.0. The first kappa shape index (κ1) is 13.1. The molecule has 4 rings (SSSR count). The van der Waals surface area contributed by atoms with Gasteiger partial charge in [-0.05, 0) is 43.4 Å². The standard InChI is InChI=1S/C17H21NO3/c1-21-12-6-10-7-14-13-3-2-11(19)9-17(13,4-5-18-14)16(10)15(20)8-12/h6,8,13-14,18,20H,2-5,7,9H2,1H3. The zero-order valence-corrected chi connectivity index (χ0v) is 12.3. The van der Waals surface area contributed by atoms with Gasteiger partial charge in [0.05, 0.1) is 7.11 Å². The maximum absolute atomic E-state index is 12.1. The number of benzene rings is 1. The average molecular weight is 287 g/mol. The summed E-state index contributed by atoms with van der Waals surface area (Å²) in [5.74, 6) is 1.82. The summed E-state index contributed by atoms with van der Waals surface area (Å²) in [6.45, 7) is 0.930. The third kappa shape index (κ3) is 1.75. The Morgan fingerprint density at radius 1 is 1.43 bits per heavy atom. The highest BCUT2D eigenvalue weighted by Gasteiger charge is 2.54. The molecule has 0 spiro atoms. The lowest BCUT2D eigenvalue weighted by Crippen LogP contribution is -2.60. The summed E-state index contributed by atoms with van der Waals surface area (Å²) in [5.41, 5.74) is 2.02. The van der Waals surface area contributed by atoms with E-state index >= 15 is 0 Å². The van der Waals surface area contributed by atoms with Crippen molar-refractivity contribution in [3.63, 3.8) is 0 Å². The summed E-state index contributed by atoms with van der Waals surface area (Å²) in [7, 11) is 1.62. The molecule has 0 amide bonds. The number of Topliss-reactive ketones (excluding diaryl/α,β-unsaturated/α-hetero) is 1. The SMILES string of the molecule is COc1cc(O)c2c(c1)CC1NCCC23CC(=O)CCC13. The van der Waals surface area contributed by atoms with Gasteiger partial charge in [-0.25, -0.2) is 0 Å². The van der Waals surface area contributed by atoms with Gasteiger partial charge in [-0.1, -0.05) is 0 Å². The number of methoxy groups -OCH3 is 1. The highest BCUT2D eigenvalue weighted by Crippen LogP contribution is 2.55. The second-order valence-corrected chi connectivity index (χ2v) is 6.71. The van der Waals surface area contributed by atoms with Crippen molar-refractivity contribution >= 4 is 5.78 Å². The molecule has 1 aromatic carbocycles. The fourth-order valence-electron chi connectivity index (χ4n) is 5.01. The van der Waals surface area contributed by atoms with E-state index in [9.17, 15) is 9.90 Å². The topological polar surface area (TPSA) is 58.6 Å². The number of carbonyl (C=O) groups is 1. The number of phenols is 1. The summed E-state index contributed by atoms with van der Waals surface area (Å²) in [6.07, 6.45) is 4.08. The lowest BCUT2D eigenvalue weighted by Gasteiger charge is -2.55. The molecule has 4 heteroatoms. The van der Waals surface area contributed by atoms with Crippen LogP contribution in [0.15, 0.2) is 12.1 Å². The van der Waals surface area contributed by atoms with Crippen LogP contribution in [0.5, 0.6) is 11.5 Å². The third-order valence-corrected chi connectivity index (χ3v) is 5.77. The highest BCUT2D eigenvalue weighted by atomic mass is 16.5. The molecular weight excluding hydrogens is 266 g/mol. The van der Waals surface area contributed by atoms with Gasteiger partial charge in [0.1, 0.15) is 17.3 Å². The molecule has 1 aromatic rings. The van der Waals surface area contributed by atoms with E-state index in [0.29, 0.717) is 42.1 Å². The Balaban J connectivity index is 1.93. The number of ketones is 1. The minimum atomic E-state index is -0.158. The molecule has 1 saturated carbocycles. The van der Waals surface area contributed by atoms with Crippen LogP contribution in [-0.4, -0.2) is 30.6 Å². The number of phenolic OH excluding ortho intramolecular Hbond substituents is 1. The van der Waals surface area contributed by atoms with Gasteiger partial charge in [0.25, 0.3) is 0 Å². The van der Waals surface area contributed by atoms with E-state index in [0.717, 1.165) is 36.9 Å². The molecule has 2 fully saturated rings. The number of rotatable bonds is 1. The molecule has 0 aromatic heterocycles. The van der Waals surface area contributed by atoms with Crippen LogP contribution in [-0.2, 0) is 16.6 Å². The Morgan fingerprint density at radius 3 is 3.10 bits per heavy atom. The molecule has 1 saturated heterocycles. The molecule has 3 aliphatic rings. The summed E-state index contributed by atoms with van der Waals surface area (Å²) in [4.78, 5) is 12.1. The molecule has 112 valence electrons. The Hall–Kier alpha value is -1.55. The van der Waals surface area contributed by atoms with Crippen molar-refractivity contribution in [1.82, 2.24) is 5.32 Å². The van der Waals surface area contributed by atoms with Crippen molar-refractivity contribution in [2.45, 2.75) is 43.6 Å². The first-order valence-electron chi connectivity index (χ1n) is 7.79.